The van der Waals surface area contributed by atoms with E-state index < -0.39 is 6.10 Å². The van der Waals surface area contributed by atoms with Gasteiger partial charge in [0.05, 0.1) is 11.6 Å². The fraction of sp³-hybridized carbons (Fsp3) is 0.176. The first-order chi connectivity index (χ1) is 10.1. The van der Waals surface area contributed by atoms with Crippen LogP contribution < -0.4 is 10.1 Å². The largest absolute Gasteiger partial charge is 0.481 e. The summed E-state index contributed by atoms with van der Waals surface area (Å²) >= 11 is 0. The lowest BCUT2D eigenvalue weighted by molar-refractivity contribution is -0.122. The molecular formula is C17H16N2O2. The van der Waals surface area contributed by atoms with Crippen LogP contribution in [0.4, 0.5) is 5.69 Å². The molecule has 1 N–H and O–H groups in total. The number of ether oxygens (including phenoxy) is 1. The second-order valence-corrected chi connectivity index (χ2v) is 4.70. The summed E-state index contributed by atoms with van der Waals surface area (Å²) in [5.41, 5.74) is 2.17. The van der Waals surface area contributed by atoms with Gasteiger partial charge < -0.3 is 10.1 Å². The average Bonchev–Trinajstić information content (AvgIpc) is 2.50. The van der Waals surface area contributed by atoms with Gasteiger partial charge in [-0.1, -0.05) is 18.2 Å². The molecule has 2 aromatic rings. The van der Waals surface area contributed by atoms with Gasteiger partial charge in [-0.2, -0.15) is 5.26 Å². The molecule has 0 aromatic heterocycles. The number of nitriles is 1. The van der Waals surface area contributed by atoms with E-state index in [2.05, 4.69) is 5.32 Å². The summed E-state index contributed by atoms with van der Waals surface area (Å²) < 4.78 is 5.66. The van der Waals surface area contributed by atoms with Crippen molar-refractivity contribution in [2.75, 3.05) is 5.32 Å². The summed E-state index contributed by atoms with van der Waals surface area (Å²) in [5.74, 6) is 0.461. The zero-order valence-electron chi connectivity index (χ0n) is 12.0. The van der Waals surface area contributed by atoms with Gasteiger partial charge in [-0.25, -0.2) is 0 Å². The van der Waals surface area contributed by atoms with Crippen molar-refractivity contribution in [2.24, 2.45) is 0 Å². The number of hydrogen-bond donors (Lipinski definition) is 1. The molecule has 0 heterocycles. The third-order valence-corrected chi connectivity index (χ3v) is 3.05. The second kappa shape index (κ2) is 6.58. The van der Waals surface area contributed by atoms with Gasteiger partial charge in [-0.15, -0.1) is 0 Å². The van der Waals surface area contributed by atoms with Gasteiger partial charge in [-0.05, 0) is 49.7 Å². The van der Waals surface area contributed by atoms with Crippen molar-refractivity contribution in [2.45, 2.75) is 20.0 Å². The predicted octanol–water partition coefficient (Wildman–Crippen LogP) is 3.27. The minimum atomic E-state index is -0.609. The van der Waals surface area contributed by atoms with Crippen LogP contribution in [-0.4, -0.2) is 12.0 Å². The summed E-state index contributed by atoms with van der Waals surface area (Å²) in [6.45, 7) is 3.63. The van der Waals surface area contributed by atoms with E-state index in [-0.39, 0.29) is 5.91 Å². The van der Waals surface area contributed by atoms with Gasteiger partial charge in [-0.3, -0.25) is 4.79 Å². The first kappa shape index (κ1) is 14.6. The molecule has 21 heavy (non-hydrogen) atoms. The lowest BCUT2D eigenvalue weighted by Gasteiger charge is -2.16. The quantitative estimate of drug-likeness (QED) is 0.935. The first-order valence-corrected chi connectivity index (χ1v) is 6.63. The normalized spacial score (nSPS) is 11.3. The van der Waals surface area contributed by atoms with Gasteiger partial charge in [0.1, 0.15) is 5.75 Å². The Balaban J connectivity index is 1.99. The van der Waals surface area contributed by atoms with Crippen LogP contribution in [0.2, 0.25) is 0 Å². The smallest absolute Gasteiger partial charge is 0.265 e. The highest BCUT2D eigenvalue weighted by Gasteiger charge is 2.15. The van der Waals surface area contributed by atoms with Crippen molar-refractivity contribution in [1.29, 1.82) is 5.26 Å². The van der Waals surface area contributed by atoms with E-state index in [4.69, 9.17) is 10.00 Å². The highest BCUT2D eigenvalue weighted by Crippen LogP contribution is 2.18. The SMILES string of the molecule is Cc1ccccc1O[C@H](C)C(=O)Nc1ccc(C#N)cc1. The predicted molar refractivity (Wildman–Crippen MR) is 81.1 cm³/mol. The molecular weight excluding hydrogens is 264 g/mol. The Hall–Kier alpha value is -2.80. The number of hydrogen-bond acceptors (Lipinski definition) is 3. The molecule has 0 aliphatic rings. The number of benzene rings is 2. The van der Waals surface area contributed by atoms with Gasteiger partial charge in [0.15, 0.2) is 6.10 Å². The minimum Gasteiger partial charge on any atom is -0.481 e. The summed E-state index contributed by atoms with van der Waals surface area (Å²) in [7, 11) is 0. The summed E-state index contributed by atoms with van der Waals surface area (Å²) in [4.78, 5) is 12.1. The Morgan fingerprint density at radius 3 is 2.48 bits per heavy atom. The van der Waals surface area contributed by atoms with Crippen molar-refractivity contribution in [3.63, 3.8) is 0 Å². The van der Waals surface area contributed by atoms with Crippen LogP contribution in [0.15, 0.2) is 48.5 Å². The van der Waals surface area contributed by atoms with E-state index in [1.54, 1.807) is 31.2 Å². The van der Waals surface area contributed by atoms with Gasteiger partial charge in [0.2, 0.25) is 0 Å². The zero-order chi connectivity index (χ0) is 15.2. The minimum absolute atomic E-state index is 0.233. The van der Waals surface area contributed by atoms with Crippen molar-refractivity contribution < 1.29 is 9.53 Å². The van der Waals surface area contributed by atoms with Gasteiger partial charge in [0.25, 0.3) is 5.91 Å². The Morgan fingerprint density at radius 1 is 1.19 bits per heavy atom. The molecule has 0 fully saturated rings. The van der Waals surface area contributed by atoms with Gasteiger partial charge in [0, 0.05) is 5.69 Å². The van der Waals surface area contributed by atoms with E-state index in [1.165, 1.54) is 0 Å². The fourth-order valence-corrected chi connectivity index (χ4v) is 1.80. The molecule has 0 aliphatic heterocycles. The highest BCUT2D eigenvalue weighted by atomic mass is 16.5. The van der Waals surface area contributed by atoms with Gasteiger partial charge >= 0.3 is 0 Å². The molecule has 0 bridgehead atoms. The van der Waals surface area contributed by atoms with Crippen LogP contribution in [0.25, 0.3) is 0 Å². The number of carbonyl (C=O) groups is 1. The third kappa shape index (κ3) is 3.83. The number of nitrogens with one attached hydrogen (secondary N) is 1. The number of carbonyl (C=O) groups excluding carboxylic acids is 1. The fourth-order valence-electron chi connectivity index (χ4n) is 1.80. The van der Waals surface area contributed by atoms with Crippen LogP contribution in [-0.2, 0) is 4.79 Å². The molecule has 2 rings (SSSR count). The lowest BCUT2D eigenvalue weighted by Crippen LogP contribution is -2.30. The molecule has 0 spiro atoms. The maximum Gasteiger partial charge on any atom is 0.265 e. The molecule has 1 atom stereocenters. The molecule has 1 amide bonds. The van der Waals surface area contributed by atoms with E-state index in [9.17, 15) is 4.79 Å². The number of amides is 1. The van der Waals surface area contributed by atoms with Crippen molar-refractivity contribution in [3.8, 4) is 11.8 Å². The molecule has 106 valence electrons. The van der Waals surface area contributed by atoms with Crippen molar-refractivity contribution in [3.05, 3.63) is 59.7 Å². The zero-order valence-corrected chi connectivity index (χ0v) is 12.0. The second-order valence-electron chi connectivity index (χ2n) is 4.70. The maximum absolute atomic E-state index is 12.1. The number of anilines is 1. The van der Waals surface area contributed by atoms with Crippen LogP contribution in [0.3, 0.4) is 0 Å². The van der Waals surface area contributed by atoms with Crippen LogP contribution in [0.5, 0.6) is 5.75 Å². The molecule has 4 heteroatoms. The standard InChI is InChI=1S/C17H16N2O2/c1-12-5-3-4-6-16(12)21-13(2)17(20)19-15-9-7-14(11-18)8-10-15/h3-10,13H,1-2H3,(H,19,20)/t13-/m1/s1. The number of aryl methyl sites for hydroxylation is 1. The molecule has 0 saturated heterocycles. The number of para-hydroxylation sites is 1. The van der Waals surface area contributed by atoms with Crippen LogP contribution in [0.1, 0.15) is 18.1 Å². The molecule has 0 saturated carbocycles. The Morgan fingerprint density at radius 2 is 1.86 bits per heavy atom. The summed E-state index contributed by atoms with van der Waals surface area (Å²) in [6, 6.07) is 16.3. The Labute approximate surface area is 124 Å². The van der Waals surface area contributed by atoms with Crippen molar-refractivity contribution >= 4 is 11.6 Å². The topological polar surface area (TPSA) is 62.1 Å². The van der Waals surface area contributed by atoms with E-state index in [0.29, 0.717) is 17.0 Å². The summed E-state index contributed by atoms with van der Waals surface area (Å²) in [5, 5.41) is 11.5. The molecule has 2 aromatic carbocycles. The molecule has 4 nitrogen and oxygen atoms in total. The summed E-state index contributed by atoms with van der Waals surface area (Å²) in [6.07, 6.45) is -0.609. The molecule has 0 radical (unpaired) electrons. The Kier molecular flexibility index (Phi) is 4.57. The van der Waals surface area contributed by atoms with Crippen molar-refractivity contribution in [1.82, 2.24) is 0 Å². The monoisotopic (exact) mass is 280 g/mol. The first-order valence-electron chi connectivity index (χ1n) is 6.63. The maximum atomic E-state index is 12.1. The van der Waals surface area contributed by atoms with E-state index in [0.717, 1.165) is 5.56 Å². The number of rotatable bonds is 4. The molecule has 0 unspecified atom stereocenters. The molecule has 0 aliphatic carbocycles. The van der Waals surface area contributed by atoms with Crippen LogP contribution in [0, 0.1) is 18.3 Å². The lowest BCUT2D eigenvalue weighted by atomic mass is 10.2. The average molecular weight is 280 g/mol. The van der Waals surface area contributed by atoms with Crippen LogP contribution >= 0.6 is 0 Å². The number of nitrogens with zero attached hydrogens (tertiary/aromatic N) is 1. The highest BCUT2D eigenvalue weighted by molar-refractivity contribution is 5.94. The van der Waals surface area contributed by atoms with E-state index in [1.807, 2.05) is 37.3 Å². The van der Waals surface area contributed by atoms with E-state index >= 15 is 0 Å². The Bertz CT molecular complexity index is 672. The third-order valence-electron chi connectivity index (χ3n) is 3.05.